The van der Waals surface area contributed by atoms with Gasteiger partial charge in [-0.05, 0) is 48.5 Å². The molecule has 0 unspecified atom stereocenters. The third-order valence-electron chi connectivity index (χ3n) is 3.35. The maximum Gasteiger partial charge on any atom is 0.237 e. The van der Waals surface area contributed by atoms with E-state index in [2.05, 4.69) is 21.1 Å². The van der Waals surface area contributed by atoms with Crippen LogP contribution in [0, 0.1) is 45.3 Å². The first-order valence-corrected chi connectivity index (χ1v) is 9.16. The van der Waals surface area contributed by atoms with Crippen LogP contribution in [0.2, 0.25) is 0 Å². The molecule has 0 aromatic heterocycles. The molecule has 0 spiro atoms. The van der Waals surface area contributed by atoms with Gasteiger partial charge in [-0.15, -0.1) is 0 Å². The van der Waals surface area contributed by atoms with E-state index in [1.54, 1.807) is 24.3 Å². The Balaban J connectivity index is 2.19. The maximum absolute atomic E-state index is 12.7. The predicted molar refractivity (Wildman–Crippen MR) is 103 cm³/mol. The van der Waals surface area contributed by atoms with Crippen LogP contribution in [0.1, 0.15) is 0 Å². The minimum atomic E-state index is -3.79. The molecule has 0 saturated carbocycles. The van der Waals surface area contributed by atoms with Gasteiger partial charge in [0.15, 0.2) is 0 Å². The molecule has 2 aromatic carbocycles. The number of hydrazone groups is 2. The van der Waals surface area contributed by atoms with Crippen molar-refractivity contribution < 1.29 is 8.42 Å². The molecular formula is C18H10N8O2S. The molecule has 0 atom stereocenters. The number of hydrogen-bond donors (Lipinski definition) is 2. The Morgan fingerprint density at radius 3 is 1.24 bits per heavy atom. The second-order valence-corrected chi connectivity index (χ2v) is 7.09. The van der Waals surface area contributed by atoms with E-state index in [4.69, 9.17) is 21.0 Å². The van der Waals surface area contributed by atoms with Crippen molar-refractivity contribution in [3.8, 4) is 24.3 Å². The van der Waals surface area contributed by atoms with E-state index < -0.39 is 9.84 Å². The zero-order chi connectivity index (χ0) is 21.3. The van der Waals surface area contributed by atoms with Crippen LogP contribution in [0.3, 0.4) is 0 Å². The monoisotopic (exact) mass is 402 g/mol. The first-order valence-electron chi connectivity index (χ1n) is 7.67. The summed E-state index contributed by atoms with van der Waals surface area (Å²) in [7, 11) is -3.79. The zero-order valence-corrected chi connectivity index (χ0v) is 15.3. The summed E-state index contributed by atoms with van der Waals surface area (Å²) in [5, 5.41) is 41.6. The van der Waals surface area contributed by atoms with E-state index in [9.17, 15) is 8.42 Å². The van der Waals surface area contributed by atoms with Gasteiger partial charge in [0.2, 0.25) is 21.3 Å². The van der Waals surface area contributed by atoms with E-state index in [1.165, 1.54) is 48.5 Å². The Morgan fingerprint density at radius 1 is 0.655 bits per heavy atom. The van der Waals surface area contributed by atoms with Gasteiger partial charge in [-0.1, -0.05) is 0 Å². The van der Waals surface area contributed by atoms with E-state index in [-0.39, 0.29) is 21.2 Å². The van der Waals surface area contributed by atoms with Crippen molar-refractivity contribution in [2.75, 3.05) is 10.9 Å². The number of nitrogens with one attached hydrogen (secondary N) is 2. The summed E-state index contributed by atoms with van der Waals surface area (Å²) >= 11 is 0. The molecule has 2 N–H and O–H groups in total. The Hall–Kier alpha value is -4.71. The van der Waals surface area contributed by atoms with E-state index in [0.717, 1.165) is 0 Å². The number of hydrogen-bond acceptors (Lipinski definition) is 10. The molecule has 2 aromatic rings. The van der Waals surface area contributed by atoms with Gasteiger partial charge in [0.25, 0.3) is 0 Å². The number of sulfone groups is 1. The van der Waals surface area contributed by atoms with Crippen LogP contribution in [0.15, 0.2) is 68.5 Å². The summed E-state index contributed by atoms with van der Waals surface area (Å²) in [6, 6.07) is 17.6. The van der Waals surface area contributed by atoms with Gasteiger partial charge in [-0.3, -0.25) is 10.9 Å². The molecule has 0 fully saturated rings. The fourth-order valence-corrected chi connectivity index (χ4v) is 3.21. The minimum Gasteiger partial charge on any atom is -0.277 e. The quantitative estimate of drug-likeness (QED) is 0.545. The lowest BCUT2D eigenvalue weighted by molar-refractivity contribution is 0.596. The third-order valence-corrected chi connectivity index (χ3v) is 5.13. The highest BCUT2D eigenvalue weighted by Crippen LogP contribution is 2.23. The highest BCUT2D eigenvalue weighted by molar-refractivity contribution is 7.91. The van der Waals surface area contributed by atoms with Crippen LogP contribution < -0.4 is 10.9 Å². The fourth-order valence-electron chi connectivity index (χ4n) is 1.94. The summed E-state index contributed by atoms with van der Waals surface area (Å²) in [6.07, 6.45) is 0. The van der Waals surface area contributed by atoms with Crippen LogP contribution in [0.5, 0.6) is 0 Å². The standard InChI is InChI=1S/C18H10N8O2S/c19-9-15(10-20)25-23-13-1-5-17(6-2-13)29(27,28)18-7-3-14(4-8-18)24-26-16(11-21)12-22/h1-8,23-24H. The van der Waals surface area contributed by atoms with E-state index in [1.807, 2.05) is 0 Å². The van der Waals surface area contributed by atoms with Crippen LogP contribution in [-0.4, -0.2) is 19.8 Å². The average molecular weight is 402 g/mol. The molecule has 29 heavy (non-hydrogen) atoms. The molecule has 0 bridgehead atoms. The van der Waals surface area contributed by atoms with Gasteiger partial charge < -0.3 is 0 Å². The topological polar surface area (TPSA) is 178 Å². The van der Waals surface area contributed by atoms with E-state index >= 15 is 0 Å². The summed E-state index contributed by atoms with van der Waals surface area (Å²) in [6.45, 7) is 0. The zero-order valence-electron chi connectivity index (χ0n) is 14.5. The third kappa shape index (κ3) is 5.15. The average Bonchev–Trinajstić information content (AvgIpc) is 2.76. The van der Waals surface area contributed by atoms with Gasteiger partial charge in [0, 0.05) is 0 Å². The minimum absolute atomic E-state index is 0.0304. The van der Waals surface area contributed by atoms with Gasteiger partial charge >= 0.3 is 0 Å². The Kier molecular flexibility index (Phi) is 6.60. The summed E-state index contributed by atoms with van der Waals surface area (Å²) in [5.41, 5.74) is 5.04. The first-order chi connectivity index (χ1) is 13.9. The maximum atomic E-state index is 12.7. The van der Waals surface area contributed by atoms with Crippen LogP contribution >= 0.6 is 0 Å². The van der Waals surface area contributed by atoms with Gasteiger partial charge in [0.1, 0.15) is 24.3 Å². The smallest absolute Gasteiger partial charge is 0.237 e. The lowest BCUT2D eigenvalue weighted by Gasteiger charge is -2.07. The van der Waals surface area contributed by atoms with Gasteiger partial charge in [-0.25, -0.2) is 8.42 Å². The second-order valence-electron chi connectivity index (χ2n) is 5.14. The van der Waals surface area contributed by atoms with Crippen LogP contribution in [-0.2, 0) is 9.84 Å². The number of nitriles is 4. The highest BCUT2D eigenvalue weighted by Gasteiger charge is 2.17. The molecule has 0 aliphatic heterocycles. The summed E-state index contributed by atoms with van der Waals surface area (Å²) < 4.78 is 25.4. The Labute approximate surface area is 166 Å². The normalized spacial score (nSPS) is 9.52. The van der Waals surface area contributed by atoms with Crippen molar-refractivity contribution in [1.29, 1.82) is 21.0 Å². The Bertz CT molecular complexity index is 1110. The first kappa shape index (κ1) is 20.6. The van der Waals surface area contributed by atoms with Crippen LogP contribution in [0.4, 0.5) is 11.4 Å². The van der Waals surface area contributed by atoms with E-state index in [0.29, 0.717) is 11.4 Å². The number of rotatable bonds is 6. The molecule has 0 amide bonds. The summed E-state index contributed by atoms with van der Waals surface area (Å²) in [4.78, 5) is 0.0607. The molecule has 0 aliphatic carbocycles. The van der Waals surface area contributed by atoms with Gasteiger partial charge in [-0.2, -0.15) is 31.3 Å². The molecule has 11 heteroatoms. The molecule has 10 nitrogen and oxygen atoms in total. The SMILES string of the molecule is N#CC(C#N)=NNc1ccc(S(=O)(=O)c2ccc(NN=C(C#N)C#N)cc2)cc1. The van der Waals surface area contributed by atoms with Gasteiger partial charge in [0.05, 0.1) is 21.2 Å². The number of benzene rings is 2. The molecule has 0 radical (unpaired) electrons. The fraction of sp³-hybridized carbons (Fsp3) is 0. The molecule has 2 rings (SSSR count). The summed E-state index contributed by atoms with van der Waals surface area (Å²) in [5.74, 6) is 0. The van der Waals surface area contributed by atoms with Crippen molar-refractivity contribution in [2.24, 2.45) is 10.2 Å². The number of anilines is 2. The molecule has 0 heterocycles. The molecule has 0 saturated heterocycles. The largest absolute Gasteiger partial charge is 0.277 e. The van der Waals surface area contributed by atoms with Crippen molar-refractivity contribution in [2.45, 2.75) is 9.79 Å². The Morgan fingerprint density at radius 2 is 0.966 bits per heavy atom. The highest BCUT2D eigenvalue weighted by atomic mass is 32.2. The second kappa shape index (κ2) is 9.29. The molecular weight excluding hydrogens is 392 g/mol. The lowest BCUT2D eigenvalue weighted by atomic mass is 10.3. The molecule has 0 aliphatic rings. The predicted octanol–water partition coefficient (Wildman–Crippen LogP) is 2.15. The number of nitrogens with zero attached hydrogens (tertiary/aromatic N) is 6. The molecule has 140 valence electrons. The van der Waals surface area contributed by atoms with Crippen LogP contribution in [0.25, 0.3) is 0 Å². The van der Waals surface area contributed by atoms with Crippen molar-refractivity contribution in [3.63, 3.8) is 0 Å². The van der Waals surface area contributed by atoms with Crippen molar-refractivity contribution in [3.05, 3.63) is 48.5 Å². The van der Waals surface area contributed by atoms with Crippen molar-refractivity contribution in [1.82, 2.24) is 0 Å². The lowest BCUT2D eigenvalue weighted by Crippen LogP contribution is -2.03. The van der Waals surface area contributed by atoms with Crippen molar-refractivity contribution >= 4 is 32.6 Å².